The predicted octanol–water partition coefficient (Wildman–Crippen LogP) is 3.09. The third kappa shape index (κ3) is 4.32. The lowest BCUT2D eigenvalue weighted by Gasteiger charge is -2.43. The van der Waals surface area contributed by atoms with E-state index < -0.39 is 22.6 Å². The van der Waals surface area contributed by atoms with E-state index in [-0.39, 0.29) is 48.1 Å². The minimum Gasteiger partial charge on any atom is -0.395 e. The number of amides is 3. The summed E-state index contributed by atoms with van der Waals surface area (Å²) in [6, 6.07) is -0.513. The molecule has 7 nitrogen and oxygen atoms in total. The standard InChI is InChI=1S/C28H43N3O4S/c1-5-13-29(14-6-2)25(33)22-21-18-19(4)28(36-21)23(22)26(34)31(16-17-32)24(28)27(35)30(15-7-3)20-11-9-8-10-12-20/h5,7,19-24,32H,1,3,6,8-18H2,2,4H3/t19?,21-,22+,23+,24?,28?/m1/s1. The van der Waals surface area contributed by atoms with Crippen LogP contribution in [0.2, 0.25) is 0 Å². The fraction of sp³-hybridized carbons (Fsp3) is 0.750. The van der Waals surface area contributed by atoms with Gasteiger partial charge in [-0.3, -0.25) is 14.4 Å². The van der Waals surface area contributed by atoms with Crippen LogP contribution in [0.4, 0.5) is 0 Å². The van der Waals surface area contributed by atoms with Gasteiger partial charge in [0.1, 0.15) is 6.04 Å². The molecular formula is C28H43N3O4S. The quantitative estimate of drug-likeness (QED) is 0.426. The highest BCUT2D eigenvalue weighted by molar-refractivity contribution is 8.02. The molecule has 36 heavy (non-hydrogen) atoms. The Balaban J connectivity index is 1.73. The summed E-state index contributed by atoms with van der Waals surface area (Å²) in [5.41, 5.74) is 0. The molecule has 4 aliphatic rings. The van der Waals surface area contributed by atoms with Crippen molar-refractivity contribution in [3.8, 4) is 0 Å². The number of aliphatic hydroxyl groups is 1. The van der Waals surface area contributed by atoms with Crippen LogP contribution < -0.4 is 0 Å². The van der Waals surface area contributed by atoms with E-state index in [1.165, 1.54) is 6.42 Å². The van der Waals surface area contributed by atoms with Gasteiger partial charge in [-0.1, -0.05) is 45.3 Å². The fourth-order valence-corrected chi connectivity index (χ4v) is 9.87. The zero-order valence-corrected chi connectivity index (χ0v) is 22.8. The van der Waals surface area contributed by atoms with Crippen molar-refractivity contribution < 1.29 is 19.5 Å². The Morgan fingerprint density at radius 3 is 2.47 bits per heavy atom. The summed E-state index contributed by atoms with van der Waals surface area (Å²) in [6.45, 7) is 13.4. The number of thioether (sulfide) groups is 1. The van der Waals surface area contributed by atoms with E-state index in [1.54, 1.807) is 28.8 Å². The van der Waals surface area contributed by atoms with E-state index in [1.807, 2.05) is 16.7 Å². The first kappa shape index (κ1) is 27.2. The summed E-state index contributed by atoms with van der Waals surface area (Å²) in [5, 5.41) is 9.93. The van der Waals surface area contributed by atoms with Crippen molar-refractivity contribution in [1.29, 1.82) is 0 Å². The number of carbonyl (C=O) groups excluding carboxylic acids is 3. The van der Waals surface area contributed by atoms with Gasteiger partial charge in [0.05, 0.1) is 23.2 Å². The number of β-amino-alcohol motifs (C(OH)–C–C–N with tert-alkyl or cyclic N) is 1. The van der Waals surface area contributed by atoms with Gasteiger partial charge < -0.3 is 19.8 Å². The van der Waals surface area contributed by atoms with Crippen molar-refractivity contribution >= 4 is 29.5 Å². The monoisotopic (exact) mass is 517 g/mol. The lowest BCUT2D eigenvalue weighted by molar-refractivity contribution is -0.145. The maximum Gasteiger partial charge on any atom is 0.247 e. The highest BCUT2D eigenvalue weighted by Gasteiger charge is 2.76. The SMILES string of the molecule is C=CCN(CCC)C(=O)[C@@H]1[C@H]2C(=O)N(CCO)C(C(=O)N(CC=C)C3CCCCC3)C23S[C@@H]1CC3C. The molecule has 0 aromatic rings. The highest BCUT2D eigenvalue weighted by atomic mass is 32.2. The molecule has 0 radical (unpaired) electrons. The van der Waals surface area contributed by atoms with Gasteiger partial charge in [-0.05, 0) is 31.6 Å². The second kappa shape index (κ2) is 11.3. The summed E-state index contributed by atoms with van der Waals surface area (Å²) < 4.78 is -0.644. The van der Waals surface area contributed by atoms with E-state index >= 15 is 0 Å². The first-order valence-corrected chi connectivity index (χ1v) is 14.6. The topological polar surface area (TPSA) is 81.2 Å². The van der Waals surface area contributed by atoms with E-state index in [2.05, 4.69) is 20.1 Å². The Kier molecular flexibility index (Phi) is 8.55. The van der Waals surface area contributed by atoms with Crippen LogP contribution >= 0.6 is 11.8 Å². The van der Waals surface area contributed by atoms with Gasteiger partial charge in [-0.25, -0.2) is 0 Å². The fourth-order valence-electron chi connectivity index (χ4n) is 7.47. The number of nitrogens with zero attached hydrogens (tertiary/aromatic N) is 3. The number of hydrogen-bond donors (Lipinski definition) is 1. The van der Waals surface area contributed by atoms with Gasteiger partial charge >= 0.3 is 0 Å². The van der Waals surface area contributed by atoms with Crippen molar-refractivity contribution in [2.75, 3.05) is 32.8 Å². The molecule has 2 bridgehead atoms. The van der Waals surface area contributed by atoms with Crippen molar-refractivity contribution in [3.63, 3.8) is 0 Å². The smallest absolute Gasteiger partial charge is 0.247 e. The number of carbonyl (C=O) groups is 3. The Hall–Kier alpha value is -1.80. The maximum absolute atomic E-state index is 14.4. The molecule has 3 heterocycles. The average Bonchev–Trinajstić information content (AvgIpc) is 3.46. The molecule has 1 saturated carbocycles. The molecular weight excluding hydrogens is 474 g/mol. The van der Waals surface area contributed by atoms with Crippen LogP contribution in [0, 0.1) is 17.8 Å². The van der Waals surface area contributed by atoms with Gasteiger partial charge in [-0.2, -0.15) is 0 Å². The molecule has 0 aromatic carbocycles. The first-order chi connectivity index (χ1) is 17.4. The van der Waals surface area contributed by atoms with Gasteiger partial charge in [0.2, 0.25) is 17.7 Å². The van der Waals surface area contributed by atoms with Crippen molar-refractivity contribution in [2.45, 2.75) is 80.9 Å². The molecule has 3 aliphatic heterocycles. The Labute approximate surface area is 220 Å². The minimum absolute atomic E-state index is 0.00801. The number of aliphatic hydroxyl groups excluding tert-OH is 1. The summed E-state index contributed by atoms with van der Waals surface area (Å²) in [7, 11) is 0. The summed E-state index contributed by atoms with van der Waals surface area (Å²) >= 11 is 1.71. The maximum atomic E-state index is 14.4. The van der Waals surface area contributed by atoms with Crippen LogP contribution in [0.15, 0.2) is 25.3 Å². The Morgan fingerprint density at radius 1 is 1.17 bits per heavy atom. The van der Waals surface area contributed by atoms with Crippen LogP contribution in [-0.2, 0) is 14.4 Å². The normalized spacial score (nSPS) is 33.5. The molecule has 200 valence electrons. The van der Waals surface area contributed by atoms with Crippen LogP contribution in [-0.4, -0.2) is 92.4 Å². The number of likely N-dealkylation sites (tertiary alicyclic amines) is 1. The molecule has 0 aromatic heterocycles. The van der Waals surface area contributed by atoms with Crippen LogP contribution in [0.25, 0.3) is 0 Å². The third-order valence-corrected chi connectivity index (χ3v) is 11.0. The number of rotatable bonds is 11. The second-order valence-corrected chi connectivity index (χ2v) is 12.5. The molecule has 4 rings (SSSR count). The summed E-state index contributed by atoms with van der Waals surface area (Å²) in [6.07, 6.45) is 10.5. The lowest BCUT2D eigenvalue weighted by Crippen LogP contribution is -2.59. The van der Waals surface area contributed by atoms with E-state index in [0.29, 0.717) is 19.6 Å². The van der Waals surface area contributed by atoms with Crippen molar-refractivity contribution in [3.05, 3.63) is 25.3 Å². The van der Waals surface area contributed by atoms with Gasteiger partial charge in [0, 0.05) is 37.5 Å². The van der Waals surface area contributed by atoms with Gasteiger partial charge in [0.25, 0.3) is 0 Å². The largest absolute Gasteiger partial charge is 0.395 e. The zero-order valence-electron chi connectivity index (χ0n) is 21.9. The molecule has 6 atom stereocenters. The van der Waals surface area contributed by atoms with E-state index in [0.717, 1.165) is 38.5 Å². The lowest BCUT2D eigenvalue weighted by atomic mass is 9.65. The Morgan fingerprint density at radius 2 is 1.86 bits per heavy atom. The molecule has 3 amide bonds. The summed E-state index contributed by atoms with van der Waals surface area (Å²) in [4.78, 5) is 47.7. The van der Waals surface area contributed by atoms with Crippen LogP contribution in [0.3, 0.4) is 0 Å². The van der Waals surface area contributed by atoms with Crippen LogP contribution in [0.1, 0.15) is 58.8 Å². The molecule has 1 aliphatic carbocycles. The third-order valence-electron chi connectivity index (χ3n) is 8.88. The van der Waals surface area contributed by atoms with Crippen LogP contribution in [0.5, 0.6) is 0 Å². The molecule has 8 heteroatoms. The minimum atomic E-state index is -0.661. The average molecular weight is 518 g/mol. The zero-order chi connectivity index (χ0) is 26.0. The molecule has 3 unspecified atom stereocenters. The first-order valence-electron chi connectivity index (χ1n) is 13.8. The molecule has 4 fully saturated rings. The predicted molar refractivity (Wildman–Crippen MR) is 143 cm³/mol. The molecule has 1 spiro atoms. The highest BCUT2D eigenvalue weighted by Crippen LogP contribution is 2.68. The molecule has 3 saturated heterocycles. The second-order valence-electron chi connectivity index (χ2n) is 11.0. The van der Waals surface area contributed by atoms with E-state index in [9.17, 15) is 19.5 Å². The number of hydrogen-bond acceptors (Lipinski definition) is 5. The van der Waals surface area contributed by atoms with Gasteiger partial charge in [0.15, 0.2) is 0 Å². The van der Waals surface area contributed by atoms with Crippen molar-refractivity contribution in [2.24, 2.45) is 17.8 Å². The van der Waals surface area contributed by atoms with Gasteiger partial charge in [-0.15, -0.1) is 24.9 Å². The number of fused-ring (bicyclic) bond motifs is 1. The molecule has 1 N–H and O–H groups in total. The Bertz CT molecular complexity index is 875. The van der Waals surface area contributed by atoms with Crippen molar-refractivity contribution in [1.82, 2.24) is 14.7 Å². The summed E-state index contributed by atoms with van der Waals surface area (Å²) in [5.74, 6) is -1.01. The van der Waals surface area contributed by atoms with E-state index in [4.69, 9.17) is 0 Å².